The Balaban J connectivity index is 1.99. The summed E-state index contributed by atoms with van der Waals surface area (Å²) in [5.74, 6) is 0.510. The van der Waals surface area contributed by atoms with Crippen LogP contribution in [0.25, 0.3) is 6.08 Å². The molecule has 1 heterocycles. The molecular weight excluding hydrogens is 250 g/mol. The Bertz CT molecular complexity index is 552. The molecule has 18 heavy (non-hydrogen) atoms. The van der Waals surface area contributed by atoms with Gasteiger partial charge in [-0.2, -0.15) is 0 Å². The Hall–Kier alpha value is -2.21. The zero-order valence-corrected chi connectivity index (χ0v) is 10.5. The van der Waals surface area contributed by atoms with E-state index < -0.39 is 0 Å². The highest BCUT2D eigenvalue weighted by molar-refractivity contribution is 7.13. The number of anilines is 1. The zero-order valence-electron chi connectivity index (χ0n) is 9.66. The predicted octanol–water partition coefficient (Wildman–Crippen LogP) is 2.20. The summed E-state index contributed by atoms with van der Waals surface area (Å²) in [4.78, 5) is 11.5. The van der Waals surface area contributed by atoms with Crippen molar-refractivity contribution in [3.05, 3.63) is 41.4 Å². The fourth-order valence-corrected chi connectivity index (χ4v) is 1.74. The van der Waals surface area contributed by atoms with E-state index in [2.05, 4.69) is 15.5 Å². The standard InChI is InChI=1S/C12H11N3O2S/c1-17-10-4-2-3-9(7-10)5-6-11(16)14-12-15-13-8-18-12/h2-8H,1H3,(H,14,15,16)/b6-5+. The number of rotatable bonds is 4. The maximum absolute atomic E-state index is 11.5. The number of aromatic nitrogens is 2. The summed E-state index contributed by atoms with van der Waals surface area (Å²) in [5, 5.41) is 10.4. The van der Waals surface area contributed by atoms with Gasteiger partial charge in [0.1, 0.15) is 11.3 Å². The van der Waals surface area contributed by atoms with Gasteiger partial charge in [-0.25, -0.2) is 0 Å². The number of methoxy groups -OCH3 is 1. The summed E-state index contributed by atoms with van der Waals surface area (Å²) in [6.07, 6.45) is 3.15. The predicted molar refractivity (Wildman–Crippen MR) is 70.6 cm³/mol. The molecule has 0 radical (unpaired) electrons. The van der Waals surface area contributed by atoms with E-state index in [1.54, 1.807) is 18.7 Å². The van der Waals surface area contributed by atoms with Crippen LogP contribution in [-0.4, -0.2) is 23.2 Å². The van der Waals surface area contributed by atoms with Gasteiger partial charge in [-0.05, 0) is 23.8 Å². The maximum Gasteiger partial charge on any atom is 0.250 e. The fourth-order valence-electron chi connectivity index (χ4n) is 1.29. The molecular formula is C12H11N3O2S. The van der Waals surface area contributed by atoms with E-state index >= 15 is 0 Å². The molecule has 0 aliphatic carbocycles. The van der Waals surface area contributed by atoms with E-state index in [-0.39, 0.29) is 5.91 Å². The maximum atomic E-state index is 11.5. The van der Waals surface area contributed by atoms with Crippen molar-refractivity contribution >= 4 is 28.5 Å². The number of hydrogen-bond donors (Lipinski definition) is 1. The van der Waals surface area contributed by atoms with Gasteiger partial charge in [0.25, 0.3) is 0 Å². The second-order valence-electron chi connectivity index (χ2n) is 3.34. The van der Waals surface area contributed by atoms with Gasteiger partial charge in [0, 0.05) is 6.08 Å². The average molecular weight is 261 g/mol. The van der Waals surface area contributed by atoms with Gasteiger partial charge in [0.2, 0.25) is 11.0 Å². The van der Waals surface area contributed by atoms with Crippen molar-refractivity contribution in [1.29, 1.82) is 0 Å². The highest BCUT2D eigenvalue weighted by Crippen LogP contribution is 2.14. The Morgan fingerprint density at radius 1 is 1.50 bits per heavy atom. The van der Waals surface area contributed by atoms with Gasteiger partial charge >= 0.3 is 0 Å². The minimum Gasteiger partial charge on any atom is -0.497 e. The average Bonchev–Trinajstić information content (AvgIpc) is 2.89. The highest BCUT2D eigenvalue weighted by atomic mass is 32.1. The van der Waals surface area contributed by atoms with Gasteiger partial charge in [-0.1, -0.05) is 23.5 Å². The van der Waals surface area contributed by atoms with Gasteiger partial charge in [0.15, 0.2) is 0 Å². The molecule has 0 bridgehead atoms. The number of hydrogen-bond acceptors (Lipinski definition) is 5. The molecule has 0 atom stereocenters. The zero-order chi connectivity index (χ0) is 12.8. The molecule has 0 aliphatic heterocycles. The van der Waals surface area contributed by atoms with Gasteiger partial charge < -0.3 is 4.74 Å². The lowest BCUT2D eigenvalue weighted by Crippen LogP contribution is -2.07. The number of carbonyl (C=O) groups excluding carboxylic acids is 1. The van der Waals surface area contributed by atoms with Crippen molar-refractivity contribution in [3.63, 3.8) is 0 Å². The molecule has 0 saturated carbocycles. The molecule has 0 fully saturated rings. The Labute approximate surface area is 108 Å². The quantitative estimate of drug-likeness (QED) is 0.857. The van der Waals surface area contributed by atoms with Crippen molar-refractivity contribution in [2.24, 2.45) is 0 Å². The molecule has 1 aromatic carbocycles. The van der Waals surface area contributed by atoms with E-state index in [1.807, 2.05) is 24.3 Å². The van der Waals surface area contributed by atoms with Gasteiger partial charge in [-0.3, -0.25) is 10.1 Å². The van der Waals surface area contributed by atoms with Crippen molar-refractivity contribution in [1.82, 2.24) is 10.2 Å². The van der Waals surface area contributed by atoms with Crippen molar-refractivity contribution in [3.8, 4) is 5.75 Å². The minimum absolute atomic E-state index is 0.241. The SMILES string of the molecule is COc1cccc(/C=C/C(=O)Nc2nncs2)c1. The van der Waals surface area contributed by atoms with Crippen LogP contribution in [0.2, 0.25) is 0 Å². The lowest BCUT2D eigenvalue weighted by Gasteiger charge is -2.00. The molecule has 1 amide bonds. The summed E-state index contributed by atoms with van der Waals surface area (Å²) < 4.78 is 5.10. The first-order valence-corrected chi connectivity index (χ1v) is 6.05. The molecule has 0 unspecified atom stereocenters. The second kappa shape index (κ2) is 5.92. The van der Waals surface area contributed by atoms with E-state index in [9.17, 15) is 4.79 Å². The monoisotopic (exact) mass is 261 g/mol. The third-order valence-corrected chi connectivity index (χ3v) is 2.72. The smallest absolute Gasteiger partial charge is 0.250 e. The number of nitrogens with one attached hydrogen (secondary N) is 1. The van der Waals surface area contributed by atoms with Crippen LogP contribution in [0.1, 0.15) is 5.56 Å². The van der Waals surface area contributed by atoms with E-state index in [0.29, 0.717) is 5.13 Å². The summed E-state index contributed by atoms with van der Waals surface area (Å²) in [5.41, 5.74) is 2.45. The first-order chi connectivity index (χ1) is 8.78. The normalized spacial score (nSPS) is 10.5. The van der Waals surface area contributed by atoms with Crippen LogP contribution in [0.3, 0.4) is 0 Å². The van der Waals surface area contributed by atoms with Crippen molar-refractivity contribution < 1.29 is 9.53 Å². The van der Waals surface area contributed by atoms with E-state index in [1.165, 1.54) is 17.4 Å². The fraction of sp³-hybridized carbons (Fsp3) is 0.0833. The van der Waals surface area contributed by atoms with E-state index in [0.717, 1.165) is 11.3 Å². The summed E-state index contributed by atoms with van der Waals surface area (Å²) in [7, 11) is 1.60. The minimum atomic E-state index is -0.241. The van der Waals surface area contributed by atoms with Crippen LogP contribution >= 0.6 is 11.3 Å². The van der Waals surface area contributed by atoms with Crippen LogP contribution in [0.4, 0.5) is 5.13 Å². The first-order valence-electron chi connectivity index (χ1n) is 5.17. The van der Waals surface area contributed by atoms with Crippen LogP contribution in [0, 0.1) is 0 Å². The summed E-state index contributed by atoms with van der Waals surface area (Å²) in [6, 6.07) is 7.44. The van der Waals surface area contributed by atoms with Crippen LogP contribution < -0.4 is 10.1 Å². The molecule has 1 N–H and O–H groups in total. The molecule has 5 nitrogen and oxygen atoms in total. The number of carbonyl (C=O) groups is 1. The number of ether oxygens (including phenoxy) is 1. The molecule has 0 saturated heterocycles. The van der Waals surface area contributed by atoms with Gasteiger partial charge in [-0.15, -0.1) is 10.2 Å². The van der Waals surface area contributed by atoms with Crippen LogP contribution in [0.15, 0.2) is 35.9 Å². The lowest BCUT2D eigenvalue weighted by molar-refractivity contribution is -0.111. The number of benzene rings is 1. The number of nitrogens with zero attached hydrogens (tertiary/aromatic N) is 2. The van der Waals surface area contributed by atoms with E-state index in [4.69, 9.17) is 4.74 Å². The van der Waals surface area contributed by atoms with Gasteiger partial charge in [0.05, 0.1) is 7.11 Å². The Morgan fingerprint density at radius 2 is 2.39 bits per heavy atom. The number of amides is 1. The molecule has 0 aliphatic rings. The van der Waals surface area contributed by atoms with Crippen molar-refractivity contribution in [2.75, 3.05) is 12.4 Å². The second-order valence-corrected chi connectivity index (χ2v) is 4.18. The Morgan fingerprint density at radius 3 is 3.11 bits per heavy atom. The van der Waals surface area contributed by atoms with Crippen LogP contribution in [-0.2, 0) is 4.79 Å². The molecule has 2 rings (SSSR count). The summed E-state index contributed by atoms with van der Waals surface area (Å²) >= 11 is 1.27. The lowest BCUT2D eigenvalue weighted by atomic mass is 10.2. The largest absolute Gasteiger partial charge is 0.497 e. The van der Waals surface area contributed by atoms with Crippen molar-refractivity contribution in [2.45, 2.75) is 0 Å². The molecule has 6 heteroatoms. The third kappa shape index (κ3) is 3.39. The first kappa shape index (κ1) is 12.3. The summed E-state index contributed by atoms with van der Waals surface area (Å²) in [6.45, 7) is 0. The third-order valence-electron chi connectivity index (χ3n) is 2.11. The molecule has 92 valence electrons. The molecule has 0 spiro atoms. The Kier molecular flexibility index (Phi) is 4.03. The highest BCUT2D eigenvalue weighted by Gasteiger charge is 2.00. The molecule has 2 aromatic rings. The topological polar surface area (TPSA) is 64.1 Å². The van der Waals surface area contributed by atoms with Crippen LogP contribution in [0.5, 0.6) is 5.75 Å². The molecule has 1 aromatic heterocycles.